The van der Waals surface area contributed by atoms with Gasteiger partial charge in [0.2, 0.25) is 0 Å². The molecule has 7 N–H and O–H groups in total. The first-order valence-corrected chi connectivity index (χ1v) is 25.4. The Bertz CT molecular complexity index is 1910. The molecule has 324 valence electrons. The molecule has 7 aliphatic rings. The van der Waals surface area contributed by atoms with Crippen LogP contribution < -0.4 is 21.7 Å². The number of guanidine groups is 2. The largest absolute Gasteiger partial charge is 0.471 e. The highest BCUT2D eigenvalue weighted by Gasteiger charge is 2.67. The van der Waals surface area contributed by atoms with Gasteiger partial charge in [0.05, 0.1) is 41.8 Å². The molecule has 1 aromatic heterocycles. The molecule has 5 aliphatic carbocycles. The van der Waals surface area contributed by atoms with E-state index in [1.54, 1.807) is 6.26 Å². The zero-order valence-corrected chi connectivity index (χ0v) is 37.4. The minimum Gasteiger partial charge on any atom is -0.471 e. The fourth-order valence-corrected chi connectivity index (χ4v) is 15.9. The third kappa shape index (κ3) is 8.44. The van der Waals surface area contributed by atoms with E-state index in [9.17, 15) is 10.2 Å². The predicted octanol–water partition coefficient (Wildman–Crippen LogP) is 8.14. The van der Waals surface area contributed by atoms with E-state index in [4.69, 9.17) is 26.5 Å². The van der Waals surface area contributed by atoms with Crippen LogP contribution in [0.5, 0.6) is 0 Å². The van der Waals surface area contributed by atoms with Gasteiger partial charge in [-0.15, -0.1) is 0 Å². The highest BCUT2D eigenvalue weighted by atomic mass is 33.1. The molecule has 1 spiro atoms. The van der Waals surface area contributed by atoms with Gasteiger partial charge in [0.25, 0.3) is 0 Å². The number of nitrogens with two attached hydrogens (primary N) is 1. The number of nitrogens with one attached hydrogen (secondary N) is 3. The van der Waals surface area contributed by atoms with Gasteiger partial charge < -0.3 is 41.1 Å². The van der Waals surface area contributed by atoms with E-state index in [1.807, 2.05) is 34.9 Å². The maximum absolute atomic E-state index is 11.3. The number of furan rings is 1. The summed E-state index contributed by atoms with van der Waals surface area (Å²) in [5, 5.41) is 34.8. The normalized spacial score (nSPS) is 43.3. The molecule has 12 heteroatoms. The van der Waals surface area contributed by atoms with Gasteiger partial charge in [-0.2, -0.15) is 0 Å². The van der Waals surface area contributed by atoms with Crippen LogP contribution in [0.15, 0.2) is 57.3 Å². The van der Waals surface area contributed by atoms with Crippen LogP contribution in [-0.4, -0.2) is 76.9 Å². The molecular formula is C47H70N6O4S2. The summed E-state index contributed by atoms with van der Waals surface area (Å²) in [6.45, 7) is 10.6. The van der Waals surface area contributed by atoms with Crippen molar-refractivity contribution in [2.45, 2.75) is 146 Å². The summed E-state index contributed by atoms with van der Waals surface area (Å²) in [5.74, 6) is 6.61. The van der Waals surface area contributed by atoms with Crippen LogP contribution in [0.25, 0.3) is 10.8 Å². The van der Waals surface area contributed by atoms with Gasteiger partial charge in [-0.05, 0) is 150 Å². The lowest BCUT2D eigenvalue weighted by Gasteiger charge is -2.59. The minimum atomic E-state index is -0.693. The first kappa shape index (κ1) is 41.9. The highest BCUT2D eigenvalue weighted by Crippen LogP contribution is 2.70. The summed E-state index contributed by atoms with van der Waals surface area (Å²) in [7, 11) is 5.75. The Labute approximate surface area is 360 Å². The number of hydrogen-bond acceptors (Lipinski definition) is 8. The summed E-state index contributed by atoms with van der Waals surface area (Å²) in [6.07, 6.45) is 19.8. The third-order valence-corrected chi connectivity index (χ3v) is 19.1. The first-order chi connectivity index (χ1) is 28.4. The van der Waals surface area contributed by atoms with E-state index in [0.29, 0.717) is 60.5 Å². The lowest BCUT2D eigenvalue weighted by Crippen LogP contribution is -2.57. The lowest BCUT2D eigenvalue weighted by molar-refractivity contribution is -0.0806. The molecule has 7 fully saturated rings. The second kappa shape index (κ2) is 16.7. The maximum Gasteiger partial charge on any atom is 0.193 e. The zero-order valence-electron chi connectivity index (χ0n) is 35.7. The van der Waals surface area contributed by atoms with Crippen molar-refractivity contribution in [1.29, 1.82) is 0 Å². The Kier molecular flexibility index (Phi) is 11.9. The number of rotatable bonds is 8. The highest BCUT2D eigenvalue weighted by molar-refractivity contribution is 8.76. The van der Waals surface area contributed by atoms with Crippen LogP contribution in [-0.2, 0) is 11.2 Å². The Balaban J connectivity index is 0.884. The van der Waals surface area contributed by atoms with Crippen LogP contribution in [0.3, 0.4) is 0 Å². The summed E-state index contributed by atoms with van der Waals surface area (Å²) >= 11 is 0. The van der Waals surface area contributed by atoms with Crippen molar-refractivity contribution < 1.29 is 19.4 Å². The number of benzene rings is 1. The number of allylic oxidation sites excluding steroid dienone is 1. The van der Waals surface area contributed by atoms with Crippen molar-refractivity contribution in [3.8, 4) is 0 Å². The number of epoxide rings is 1. The molecule has 59 heavy (non-hydrogen) atoms. The van der Waals surface area contributed by atoms with Gasteiger partial charge in [-0.3, -0.25) is 9.98 Å². The quantitative estimate of drug-likeness (QED) is 0.0505. The number of nitrogens with zero attached hydrogens (tertiary/aromatic N) is 2. The molecule has 2 saturated heterocycles. The van der Waals surface area contributed by atoms with Crippen LogP contribution in [0, 0.1) is 46.3 Å². The molecule has 0 unspecified atom stereocenters. The van der Waals surface area contributed by atoms with Crippen molar-refractivity contribution >= 4 is 44.3 Å². The topological polar surface area (TPSA) is 153 Å². The molecule has 2 aliphatic heterocycles. The monoisotopic (exact) mass is 846 g/mol. The summed E-state index contributed by atoms with van der Waals surface area (Å²) in [4.78, 5) is 9.42. The van der Waals surface area contributed by atoms with Crippen LogP contribution in [0.2, 0.25) is 0 Å². The predicted molar refractivity (Wildman–Crippen MR) is 242 cm³/mol. The van der Waals surface area contributed by atoms with Gasteiger partial charge in [0.1, 0.15) is 6.17 Å². The lowest BCUT2D eigenvalue weighted by atomic mass is 9.45. The van der Waals surface area contributed by atoms with Crippen LogP contribution >= 0.6 is 21.6 Å². The van der Waals surface area contributed by atoms with E-state index in [2.05, 4.69) is 53.0 Å². The van der Waals surface area contributed by atoms with Gasteiger partial charge in [-0.1, -0.05) is 58.9 Å². The second-order valence-corrected chi connectivity index (χ2v) is 23.1. The molecule has 0 amide bonds. The standard InChI is InChI=1S/C47H70N6O4S2/c1-29-21-46(16-10-30(22-46)11-17-47(55)14-6-9-35(54)23-47)41-45(3,57-41)15-12-38-36(29)24-44(38,2)39-20-33-19-34(39)27-58-59-28-51-43(49-4)53-40(33)52-42(48)50-18-13-31-7-5-8-32-25-56-26-37(31)32/h5,7-8,25-26,30,33-36,38-41,54-55H,1,6,9-24,27-28H2,2-4H3,(H3,48,50,52)(H2,49,51,53)/t30-,33+,34+,35-,36-,38-,39-,40+,41-,44+,45-,46-,47-/m1/s1. The summed E-state index contributed by atoms with van der Waals surface area (Å²) < 4.78 is 12.3. The molecule has 13 atom stereocenters. The number of ether oxygens (including phenoxy) is 1. The van der Waals surface area contributed by atoms with E-state index < -0.39 is 5.60 Å². The SMILES string of the molecule is C=C1C[C@@]2(CC[C@H](CC[C@]3(O)CCC[C@@H](O)C3)C2)[C@@H]2O[C@]2(C)CC[C@@H]2[C@@H]1C[C@]2(C)[C@@H]1C[C@@H]2C[C@H]1CSSCNC(=NC)N[C@@H]2NC(N)=NCCc1cccc2cocc12. The molecular weight excluding hydrogens is 777 g/mol. The van der Waals surface area contributed by atoms with Crippen molar-refractivity contribution in [2.75, 3.05) is 25.2 Å². The number of fused-ring (bicyclic) bond motifs is 6. The number of aliphatic imine (C=N–C) groups is 2. The maximum atomic E-state index is 11.3. The molecule has 10 nitrogen and oxygen atoms in total. The Morgan fingerprint density at radius 2 is 1.93 bits per heavy atom. The summed E-state index contributed by atoms with van der Waals surface area (Å²) in [6, 6.07) is 6.29. The Morgan fingerprint density at radius 3 is 2.78 bits per heavy atom. The third-order valence-electron chi connectivity index (χ3n) is 16.9. The number of aliphatic hydroxyl groups excluding tert-OH is 1. The number of hydrogen-bond donors (Lipinski definition) is 6. The molecule has 2 bridgehead atoms. The average Bonchev–Trinajstić information content (AvgIpc) is 3.60. The van der Waals surface area contributed by atoms with Gasteiger partial charge in [0, 0.05) is 42.0 Å². The van der Waals surface area contributed by atoms with Crippen molar-refractivity contribution in [2.24, 2.45) is 62.1 Å². The van der Waals surface area contributed by atoms with Gasteiger partial charge in [-0.25, -0.2) is 0 Å². The van der Waals surface area contributed by atoms with E-state index in [-0.39, 0.29) is 28.7 Å². The molecule has 9 rings (SSSR count). The van der Waals surface area contributed by atoms with Crippen molar-refractivity contribution in [3.63, 3.8) is 0 Å². The Hall–Kier alpha value is -2.38. The molecule has 3 heterocycles. The van der Waals surface area contributed by atoms with Crippen LogP contribution in [0.1, 0.15) is 116 Å². The zero-order chi connectivity index (χ0) is 41.0. The smallest absolute Gasteiger partial charge is 0.193 e. The van der Waals surface area contributed by atoms with E-state index >= 15 is 0 Å². The van der Waals surface area contributed by atoms with Crippen molar-refractivity contribution in [1.82, 2.24) is 16.0 Å². The van der Waals surface area contributed by atoms with Gasteiger partial charge >= 0.3 is 0 Å². The molecule has 5 saturated carbocycles. The molecule has 0 radical (unpaired) electrons. The van der Waals surface area contributed by atoms with E-state index in [1.165, 1.54) is 43.2 Å². The van der Waals surface area contributed by atoms with Crippen molar-refractivity contribution in [3.05, 3.63) is 48.4 Å². The van der Waals surface area contributed by atoms with E-state index in [0.717, 1.165) is 92.6 Å². The first-order valence-electron chi connectivity index (χ1n) is 22.9. The van der Waals surface area contributed by atoms with Crippen LogP contribution in [0.4, 0.5) is 0 Å². The summed E-state index contributed by atoms with van der Waals surface area (Å²) in [5.41, 5.74) is 9.07. The Morgan fingerprint density at radius 1 is 1.05 bits per heavy atom. The average molecular weight is 847 g/mol. The number of aliphatic hydroxyl groups is 2. The second-order valence-electron chi connectivity index (χ2n) is 20.6. The fourth-order valence-electron chi connectivity index (χ4n) is 13.8. The minimum absolute atomic E-state index is 0.0446. The molecule has 1 aromatic carbocycles. The fraction of sp³-hybridized carbons (Fsp3) is 0.745. The molecule has 2 aromatic rings. The van der Waals surface area contributed by atoms with Gasteiger partial charge in [0.15, 0.2) is 11.9 Å².